The molecule has 0 bridgehead atoms. The lowest BCUT2D eigenvalue weighted by atomic mass is 9.94. The van der Waals surface area contributed by atoms with Gasteiger partial charge in [0.2, 0.25) is 5.91 Å². The fraction of sp³-hybridized carbons (Fsp3) is 0.333. The molecule has 2 aromatic rings. The predicted octanol–water partition coefficient (Wildman–Crippen LogP) is 2.72. The molecule has 28 heavy (non-hydrogen) atoms. The maximum Gasteiger partial charge on any atom is 0.285 e. The van der Waals surface area contributed by atoms with Crippen molar-refractivity contribution in [1.29, 1.82) is 0 Å². The summed E-state index contributed by atoms with van der Waals surface area (Å²) >= 11 is 0. The molecule has 146 valence electrons. The molecule has 0 saturated carbocycles. The third-order valence-electron chi connectivity index (χ3n) is 5.44. The minimum atomic E-state index is -3.61. The number of carbonyl (C=O) groups is 1. The van der Waals surface area contributed by atoms with E-state index < -0.39 is 10.0 Å². The summed E-state index contributed by atoms with van der Waals surface area (Å²) in [5.41, 5.74) is 1.73. The number of sulfonamides is 1. The number of fused-ring (bicyclic) bond motifs is 1. The maximum atomic E-state index is 12.7. The SMILES string of the molecule is C[C@H](NC(=O)C1CCN(C2=NS(=O)(=O)c3ccccc32)CC1)c1ccccc1. The largest absolute Gasteiger partial charge is 0.355 e. The maximum absolute atomic E-state index is 12.7. The molecule has 0 radical (unpaired) electrons. The molecule has 1 fully saturated rings. The number of carbonyl (C=O) groups excluding carboxylic acids is 1. The molecule has 7 heteroatoms. The Morgan fingerprint density at radius 2 is 1.71 bits per heavy atom. The Kier molecular flexibility index (Phi) is 4.93. The van der Waals surface area contributed by atoms with Crippen molar-refractivity contribution in [1.82, 2.24) is 10.2 Å². The summed E-state index contributed by atoms with van der Waals surface area (Å²) < 4.78 is 28.5. The lowest BCUT2D eigenvalue weighted by Gasteiger charge is -2.33. The Labute approximate surface area is 165 Å². The van der Waals surface area contributed by atoms with Gasteiger partial charge in [-0.15, -0.1) is 4.40 Å². The number of likely N-dealkylation sites (tertiary alicyclic amines) is 1. The minimum Gasteiger partial charge on any atom is -0.355 e. The van der Waals surface area contributed by atoms with E-state index >= 15 is 0 Å². The van der Waals surface area contributed by atoms with E-state index in [9.17, 15) is 13.2 Å². The van der Waals surface area contributed by atoms with Crippen molar-refractivity contribution in [3.05, 3.63) is 65.7 Å². The summed E-state index contributed by atoms with van der Waals surface area (Å²) in [6.45, 7) is 3.21. The van der Waals surface area contributed by atoms with E-state index in [0.29, 0.717) is 37.3 Å². The lowest BCUT2D eigenvalue weighted by Crippen LogP contribution is -2.43. The average Bonchev–Trinajstić information content (AvgIpc) is 3.00. The van der Waals surface area contributed by atoms with Gasteiger partial charge in [-0.2, -0.15) is 8.42 Å². The van der Waals surface area contributed by atoms with E-state index in [1.54, 1.807) is 18.2 Å². The molecule has 2 heterocycles. The van der Waals surface area contributed by atoms with Gasteiger partial charge >= 0.3 is 0 Å². The van der Waals surface area contributed by atoms with Crippen LogP contribution in [0.1, 0.15) is 36.9 Å². The first kappa shape index (κ1) is 18.7. The molecule has 1 N–H and O–H groups in total. The highest BCUT2D eigenvalue weighted by molar-refractivity contribution is 7.90. The summed E-state index contributed by atoms with van der Waals surface area (Å²) in [5.74, 6) is 0.487. The number of amidine groups is 1. The molecule has 0 unspecified atom stereocenters. The topological polar surface area (TPSA) is 78.8 Å². The van der Waals surface area contributed by atoms with Crippen LogP contribution in [0.25, 0.3) is 0 Å². The molecule has 0 aliphatic carbocycles. The van der Waals surface area contributed by atoms with Gasteiger partial charge in [-0.3, -0.25) is 4.79 Å². The molecule has 1 saturated heterocycles. The number of hydrogen-bond acceptors (Lipinski definition) is 4. The van der Waals surface area contributed by atoms with E-state index in [-0.39, 0.29) is 22.8 Å². The smallest absolute Gasteiger partial charge is 0.285 e. The highest BCUT2D eigenvalue weighted by atomic mass is 32.2. The summed E-state index contributed by atoms with van der Waals surface area (Å²) in [6.07, 6.45) is 1.35. The van der Waals surface area contributed by atoms with Crippen LogP contribution in [0.3, 0.4) is 0 Å². The van der Waals surface area contributed by atoms with Gasteiger partial charge in [0.05, 0.1) is 6.04 Å². The first-order chi connectivity index (χ1) is 13.5. The number of nitrogens with one attached hydrogen (secondary N) is 1. The normalized spacial score (nSPS) is 19.6. The highest BCUT2D eigenvalue weighted by Gasteiger charge is 2.34. The van der Waals surface area contributed by atoms with Gasteiger partial charge in [-0.1, -0.05) is 42.5 Å². The third kappa shape index (κ3) is 3.54. The second-order valence-electron chi connectivity index (χ2n) is 7.29. The molecule has 0 aromatic heterocycles. The van der Waals surface area contributed by atoms with Crippen LogP contribution in [-0.4, -0.2) is 38.2 Å². The molecular weight excluding hydrogens is 374 g/mol. The van der Waals surface area contributed by atoms with Crippen LogP contribution < -0.4 is 5.32 Å². The quantitative estimate of drug-likeness (QED) is 0.864. The summed E-state index contributed by atoms with van der Waals surface area (Å²) in [4.78, 5) is 14.9. The summed E-state index contributed by atoms with van der Waals surface area (Å²) in [6, 6.07) is 16.8. The van der Waals surface area contributed by atoms with Gasteiger partial charge < -0.3 is 10.2 Å². The molecule has 1 amide bonds. The molecular formula is C21H23N3O3S. The van der Waals surface area contributed by atoms with Crippen LogP contribution >= 0.6 is 0 Å². The molecule has 2 aromatic carbocycles. The molecule has 0 spiro atoms. The number of hydrogen-bond donors (Lipinski definition) is 1. The van der Waals surface area contributed by atoms with E-state index in [1.165, 1.54) is 0 Å². The number of rotatable bonds is 3. The Hall–Kier alpha value is -2.67. The van der Waals surface area contributed by atoms with Crippen LogP contribution in [0.15, 0.2) is 63.9 Å². The number of nitrogens with zero attached hydrogens (tertiary/aromatic N) is 2. The second kappa shape index (κ2) is 7.39. The number of piperidine rings is 1. The monoisotopic (exact) mass is 397 g/mol. The van der Waals surface area contributed by atoms with E-state index in [1.807, 2.05) is 48.2 Å². The summed E-state index contributed by atoms with van der Waals surface area (Å²) in [7, 11) is -3.61. The van der Waals surface area contributed by atoms with Gasteiger partial charge in [0.1, 0.15) is 4.90 Å². The predicted molar refractivity (Wildman–Crippen MR) is 107 cm³/mol. The standard InChI is InChI=1S/C21H23N3O3S/c1-15(16-7-3-2-4-8-16)22-21(25)17-11-13-24(14-12-17)20-18-9-5-6-10-19(18)28(26,27)23-20/h2-10,15,17H,11-14H2,1H3,(H,22,25)/t15-/m0/s1. The lowest BCUT2D eigenvalue weighted by molar-refractivity contribution is -0.126. The Morgan fingerprint density at radius 1 is 1.07 bits per heavy atom. The molecule has 4 rings (SSSR count). The molecule has 2 aliphatic heterocycles. The van der Waals surface area contributed by atoms with Crippen molar-refractivity contribution in [3.8, 4) is 0 Å². The highest BCUT2D eigenvalue weighted by Crippen LogP contribution is 2.29. The van der Waals surface area contributed by atoms with E-state index in [2.05, 4.69) is 9.71 Å². The van der Waals surface area contributed by atoms with Crippen molar-refractivity contribution in [2.75, 3.05) is 13.1 Å². The first-order valence-electron chi connectivity index (χ1n) is 9.50. The van der Waals surface area contributed by atoms with Gasteiger partial charge in [0.15, 0.2) is 5.84 Å². The third-order valence-corrected chi connectivity index (χ3v) is 6.76. The second-order valence-corrected chi connectivity index (χ2v) is 8.86. The minimum absolute atomic E-state index is 0.0389. The zero-order valence-electron chi connectivity index (χ0n) is 15.7. The van der Waals surface area contributed by atoms with Crippen LogP contribution in [0, 0.1) is 5.92 Å². The van der Waals surface area contributed by atoms with Crippen LogP contribution in [0.5, 0.6) is 0 Å². The molecule has 6 nitrogen and oxygen atoms in total. The molecule has 2 aliphatic rings. The Bertz CT molecular complexity index is 1010. The number of benzene rings is 2. The van der Waals surface area contributed by atoms with Crippen molar-refractivity contribution >= 4 is 21.8 Å². The number of amides is 1. The van der Waals surface area contributed by atoms with Crippen LogP contribution in [0.4, 0.5) is 0 Å². The van der Waals surface area contributed by atoms with Crippen molar-refractivity contribution in [3.63, 3.8) is 0 Å². The van der Waals surface area contributed by atoms with Crippen molar-refractivity contribution < 1.29 is 13.2 Å². The summed E-state index contributed by atoms with van der Waals surface area (Å²) in [5, 5.41) is 3.10. The van der Waals surface area contributed by atoms with E-state index in [0.717, 1.165) is 5.56 Å². The van der Waals surface area contributed by atoms with E-state index in [4.69, 9.17) is 0 Å². The van der Waals surface area contributed by atoms with Gasteiger partial charge in [0, 0.05) is 24.6 Å². The Balaban J connectivity index is 1.40. The zero-order valence-corrected chi connectivity index (χ0v) is 16.5. The first-order valence-corrected chi connectivity index (χ1v) is 10.9. The van der Waals surface area contributed by atoms with Crippen LogP contribution in [0.2, 0.25) is 0 Å². The zero-order chi connectivity index (χ0) is 19.7. The fourth-order valence-electron chi connectivity index (χ4n) is 3.83. The van der Waals surface area contributed by atoms with Gasteiger partial charge in [-0.05, 0) is 37.5 Å². The van der Waals surface area contributed by atoms with Crippen molar-refractivity contribution in [2.45, 2.75) is 30.7 Å². The van der Waals surface area contributed by atoms with Crippen molar-refractivity contribution in [2.24, 2.45) is 10.3 Å². The van der Waals surface area contributed by atoms with Gasteiger partial charge in [-0.25, -0.2) is 0 Å². The van der Waals surface area contributed by atoms with Gasteiger partial charge in [0.25, 0.3) is 10.0 Å². The van der Waals surface area contributed by atoms with Crippen LogP contribution in [-0.2, 0) is 14.8 Å². The Morgan fingerprint density at radius 3 is 2.43 bits per heavy atom. The average molecular weight is 398 g/mol. The fourth-order valence-corrected chi connectivity index (χ4v) is 5.05. The molecule has 1 atom stereocenters.